The average molecular weight is 344 g/mol. The maximum atomic E-state index is 12.7. The molecule has 0 fully saturated rings. The number of nitrogens with zero attached hydrogens (tertiary/aromatic N) is 3. The molecule has 1 aromatic heterocycles. The third kappa shape index (κ3) is 4.19. The van der Waals surface area contributed by atoms with E-state index in [1.54, 1.807) is 30.6 Å². The third-order valence-corrected chi connectivity index (χ3v) is 3.44. The highest BCUT2D eigenvalue weighted by atomic mass is 35.5. The van der Waals surface area contributed by atoms with E-state index in [9.17, 15) is 13.6 Å². The quantitative estimate of drug-likeness (QED) is 0.725. The summed E-state index contributed by atoms with van der Waals surface area (Å²) in [6.45, 7) is -1.07. The van der Waals surface area contributed by atoms with Gasteiger partial charge in [-0.05, 0) is 24.1 Å². The largest absolute Gasteiger partial charge is 0.433 e. The van der Waals surface area contributed by atoms with Crippen molar-refractivity contribution < 1.29 is 18.3 Å². The van der Waals surface area contributed by atoms with Gasteiger partial charge in [-0.1, -0.05) is 19.1 Å². The molecule has 23 heavy (non-hydrogen) atoms. The van der Waals surface area contributed by atoms with Gasteiger partial charge in [0.2, 0.25) is 5.91 Å². The van der Waals surface area contributed by atoms with E-state index in [1.807, 2.05) is 6.92 Å². The van der Waals surface area contributed by atoms with Crippen LogP contribution in [0, 0.1) is 0 Å². The van der Waals surface area contributed by atoms with Crippen LogP contribution in [0.2, 0.25) is 0 Å². The molecule has 0 spiro atoms. The first kappa shape index (κ1) is 17.2. The van der Waals surface area contributed by atoms with Crippen LogP contribution in [-0.4, -0.2) is 28.2 Å². The SMILES string of the molecule is CCc1cccc(OC(F)F)c1N(Cn1cccn1)C(=O)CCl. The number of alkyl halides is 3. The third-order valence-electron chi connectivity index (χ3n) is 3.21. The van der Waals surface area contributed by atoms with Crippen LogP contribution >= 0.6 is 11.6 Å². The van der Waals surface area contributed by atoms with Crippen LogP contribution in [0.1, 0.15) is 12.5 Å². The van der Waals surface area contributed by atoms with Gasteiger partial charge in [0, 0.05) is 12.4 Å². The van der Waals surface area contributed by atoms with E-state index in [0.717, 1.165) is 0 Å². The van der Waals surface area contributed by atoms with Gasteiger partial charge < -0.3 is 4.74 Å². The van der Waals surface area contributed by atoms with E-state index >= 15 is 0 Å². The van der Waals surface area contributed by atoms with Crippen molar-refractivity contribution in [3.8, 4) is 5.75 Å². The number of benzene rings is 1. The number of carbonyl (C=O) groups is 1. The number of halogens is 3. The topological polar surface area (TPSA) is 47.4 Å². The first-order chi connectivity index (χ1) is 11.1. The molecule has 5 nitrogen and oxygen atoms in total. The van der Waals surface area contributed by atoms with Gasteiger partial charge in [-0.2, -0.15) is 13.9 Å². The van der Waals surface area contributed by atoms with Crippen molar-refractivity contribution in [3.05, 3.63) is 42.2 Å². The Balaban J connectivity index is 2.49. The minimum Gasteiger partial charge on any atom is -0.433 e. The predicted octanol–water partition coefficient (Wildman–Crippen LogP) is 3.28. The van der Waals surface area contributed by atoms with Crippen LogP contribution in [0.15, 0.2) is 36.7 Å². The summed E-state index contributed by atoms with van der Waals surface area (Å²) in [4.78, 5) is 13.6. The highest BCUT2D eigenvalue weighted by Crippen LogP contribution is 2.34. The molecule has 0 bridgehead atoms. The van der Waals surface area contributed by atoms with E-state index in [4.69, 9.17) is 11.6 Å². The minimum absolute atomic E-state index is 0.0508. The Bertz CT molecular complexity index is 650. The van der Waals surface area contributed by atoms with Crippen molar-refractivity contribution in [1.29, 1.82) is 0 Å². The number of aryl methyl sites for hydroxylation is 1. The molecule has 124 valence electrons. The lowest BCUT2D eigenvalue weighted by atomic mass is 10.1. The number of amides is 1. The molecule has 0 aliphatic carbocycles. The fourth-order valence-electron chi connectivity index (χ4n) is 2.23. The second kappa shape index (κ2) is 7.92. The van der Waals surface area contributed by atoms with Crippen molar-refractivity contribution >= 4 is 23.2 Å². The van der Waals surface area contributed by atoms with Crippen LogP contribution in [0.5, 0.6) is 5.75 Å². The predicted molar refractivity (Wildman–Crippen MR) is 82.9 cm³/mol. The van der Waals surface area contributed by atoms with Crippen molar-refractivity contribution in [2.45, 2.75) is 26.6 Å². The van der Waals surface area contributed by atoms with Crippen LogP contribution in [-0.2, 0) is 17.9 Å². The van der Waals surface area contributed by atoms with Gasteiger partial charge in [-0.15, -0.1) is 11.6 Å². The molecule has 1 aromatic carbocycles. The Hall–Kier alpha value is -2.15. The second-order valence-electron chi connectivity index (χ2n) is 4.64. The summed E-state index contributed by atoms with van der Waals surface area (Å²) in [5, 5.41) is 4.04. The van der Waals surface area contributed by atoms with E-state index < -0.39 is 12.5 Å². The minimum atomic E-state index is -2.99. The lowest BCUT2D eigenvalue weighted by Crippen LogP contribution is -2.35. The molecule has 8 heteroatoms. The van der Waals surface area contributed by atoms with Gasteiger partial charge in [0.05, 0.1) is 5.69 Å². The highest BCUT2D eigenvalue weighted by Gasteiger charge is 2.23. The average Bonchev–Trinajstić information content (AvgIpc) is 3.04. The van der Waals surface area contributed by atoms with Crippen molar-refractivity contribution in [1.82, 2.24) is 9.78 Å². The first-order valence-corrected chi connectivity index (χ1v) is 7.50. The number of carbonyl (C=O) groups excluding carboxylic acids is 1. The zero-order chi connectivity index (χ0) is 16.8. The number of rotatable bonds is 7. The molecule has 1 amide bonds. The summed E-state index contributed by atoms with van der Waals surface area (Å²) < 4.78 is 31.5. The zero-order valence-corrected chi connectivity index (χ0v) is 13.2. The van der Waals surface area contributed by atoms with Crippen LogP contribution in [0.4, 0.5) is 14.5 Å². The first-order valence-electron chi connectivity index (χ1n) is 6.97. The van der Waals surface area contributed by atoms with Crippen molar-refractivity contribution in [2.24, 2.45) is 0 Å². The zero-order valence-electron chi connectivity index (χ0n) is 12.5. The van der Waals surface area contributed by atoms with Crippen molar-refractivity contribution in [2.75, 3.05) is 10.8 Å². The summed E-state index contributed by atoms with van der Waals surface area (Å²) in [5.74, 6) is -0.778. The summed E-state index contributed by atoms with van der Waals surface area (Å²) in [6.07, 6.45) is 3.77. The number of hydrogen-bond donors (Lipinski definition) is 0. The van der Waals surface area contributed by atoms with Gasteiger partial charge in [0.15, 0.2) is 0 Å². The number of aromatic nitrogens is 2. The maximum Gasteiger partial charge on any atom is 0.387 e. The highest BCUT2D eigenvalue weighted by molar-refractivity contribution is 6.29. The van der Waals surface area contributed by atoms with Gasteiger partial charge in [0.1, 0.15) is 18.3 Å². The van der Waals surface area contributed by atoms with E-state index in [-0.39, 0.29) is 24.0 Å². The smallest absolute Gasteiger partial charge is 0.387 e. The summed E-state index contributed by atoms with van der Waals surface area (Å²) >= 11 is 5.68. The van der Waals surface area contributed by atoms with E-state index in [1.165, 1.54) is 15.6 Å². The van der Waals surface area contributed by atoms with E-state index in [0.29, 0.717) is 12.0 Å². The van der Waals surface area contributed by atoms with Crippen LogP contribution in [0.3, 0.4) is 0 Å². The Labute approximate surface area is 137 Å². The van der Waals surface area contributed by atoms with Gasteiger partial charge in [-0.25, -0.2) is 0 Å². The van der Waals surface area contributed by atoms with Gasteiger partial charge in [-0.3, -0.25) is 14.4 Å². The molecule has 0 atom stereocenters. The molecular formula is C15H16ClF2N3O2. The molecule has 0 unspecified atom stereocenters. The molecule has 2 aromatic rings. The molecule has 0 aliphatic rings. The molecule has 2 rings (SSSR count). The lowest BCUT2D eigenvalue weighted by molar-refractivity contribution is -0.116. The summed E-state index contributed by atoms with van der Waals surface area (Å²) in [5.41, 5.74) is 0.991. The Kier molecular flexibility index (Phi) is 5.92. The number of anilines is 1. The number of ether oxygens (including phenoxy) is 1. The molecule has 0 N–H and O–H groups in total. The van der Waals surface area contributed by atoms with E-state index in [2.05, 4.69) is 9.84 Å². The fraction of sp³-hybridized carbons (Fsp3) is 0.333. The van der Waals surface area contributed by atoms with Crippen LogP contribution < -0.4 is 9.64 Å². The fourth-order valence-corrected chi connectivity index (χ4v) is 2.37. The molecule has 1 heterocycles. The number of para-hydroxylation sites is 1. The Morgan fingerprint density at radius 2 is 2.22 bits per heavy atom. The maximum absolute atomic E-state index is 12.7. The van der Waals surface area contributed by atoms with Crippen molar-refractivity contribution in [3.63, 3.8) is 0 Å². The normalized spacial score (nSPS) is 10.8. The van der Waals surface area contributed by atoms with Crippen LogP contribution in [0.25, 0.3) is 0 Å². The second-order valence-corrected chi connectivity index (χ2v) is 4.91. The summed E-state index contributed by atoms with van der Waals surface area (Å²) in [6, 6.07) is 6.46. The molecular weight excluding hydrogens is 328 g/mol. The van der Waals surface area contributed by atoms with Gasteiger partial charge in [0.25, 0.3) is 0 Å². The molecule has 0 saturated heterocycles. The monoisotopic (exact) mass is 343 g/mol. The Morgan fingerprint density at radius 3 is 2.78 bits per heavy atom. The van der Waals surface area contributed by atoms with Gasteiger partial charge >= 0.3 is 6.61 Å². The lowest BCUT2D eigenvalue weighted by Gasteiger charge is -2.26. The number of hydrogen-bond acceptors (Lipinski definition) is 3. The standard InChI is InChI=1S/C15H16ClF2N3O2/c1-2-11-5-3-6-12(23-15(17)18)14(11)21(13(22)9-16)10-20-8-4-7-19-20/h3-8,15H,2,9-10H2,1H3. The molecule has 0 saturated carbocycles. The molecule has 0 aliphatic heterocycles. The molecule has 0 radical (unpaired) electrons. The summed E-state index contributed by atoms with van der Waals surface area (Å²) in [7, 11) is 0. The Morgan fingerprint density at radius 1 is 1.43 bits per heavy atom.